The van der Waals surface area contributed by atoms with Gasteiger partial charge in [0.25, 0.3) is 15.9 Å². The summed E-state index contributed by atoms with van der Waals surface area (Å²) in [5.41, 5.74) is 3.56. The Hall–Kier alpha value is -3.12. The SMILES string of the molecule is Cc1cccc(NC(=O)c2ccc(S(=O)(=O)Nc3cccc(C)c3)cc2)c1. The number of rotatable bonds is 5. The lowest BCUT2D eigenvalue weighted by molar-refractivity contribution is 0.102. The van der Waals surface area contributed by atoms with Gasteiger partial charge in [-0.15, -0.1) is 0 Å². The predicted molar refractivity (Wildman–Crippen MR) is 108 cm³/mol. The third-order valence-corrected chi connectivity index (χ3v) is 5.37. The molecule has 1 amide bonds. The molecule has 0 aliphatic heterocycles. The summed E-state index contributed by atoms with van der Waals surface area (Å²) < 4.78 is 27.6. The lowest BCUT2D eigenvalue weighted by atomic mass is 10.2. The van der Waals surface area contributed by atoms with Gasteiger partial charge in [0.1, 0.15) is 0 Å². The van der Waals surface area contributed by atoms with E-state index in [2.05, 4.69) is 10.0 Å². The molecule has 0 saturated heterocycles. The number of anilines is 2. The molecule has 0 unspecified atom stereocenters. The van der Waals surface area contributed by atoms with Gasteiger partial charge in [-0.1, -0.05) is 24.3 Å². The normalized spacial score (nSPS) is 11.0. The van der Waals surface area contributed by atoms with Gasteiger partial charge in [0.05, 0.1) is 4.90 Å². The molecule has 3 aromatic carbocycles. The Morgan fingerprint density at radius 3 is 1.93 bits per heavy atom. The van der Waals surface area contributed by atoms with Crippen LogP contribution in [0, 0.1) is 13.8 Å². The molecule has 5 nitrogen and oxygen atoms in total. The van der Waals surface area contributed by atoms with Gasteiger partial charge in [-0.2, -0.15) is 0 Å². The minimum atomic E-state index is -3.72. The van der Waals surface area contributed by atoms with Crippen molar-refractivity contribution in [2.24, 2.45) is 0 Å². The van der Waals surface area contributed by atoms with Gasteiger partial charge in [0, 0.05) is 16.9 Å². The van der Waals surface area contributed by atoms with E-state index in [1.165, 1.54) is 24.3 Å². The maximum Gasteiger partial charge on any atom is 0.261 e. The molecule has 138 valence electrons. The smallest absolute Gasteiger partial charge is 0.261 e. The molecule has 0 bridgehead atoms. The molecule has 0 saturated carbocycles. The minimum Gasteiger partial charge on any atom is -0.322 e. The second-order valence-electron chi connectivity index (χ2n) is 6.32. The predicted octanol–water partition coefficient (Wildman–Crippen LogP) is 4.36. The molecular weight excluding hydrogens is 360 g/mol. The number of carbonyl (C=O) groups excluding carboxylic acids is 1. The highest BCUT2D eigenvalue weighted by Crippen LogP contribution is 2.18. The maximum absolute atomic E-state index is 12.5. The Balaban J connectivity index is 1.75. The van der Waals surface area contributed by atoms with Crippen molar-refractivity contribution in [1.82, 2.24) is 0 Å². The molecule has 3 aromatic rings. The Morgan fingerprint density at radius 2 is 1.33 bits per heavy atom. The zero-order valence-electron chi connectivity index (χ0n) is 15.1. The van der Waals surface area contributed by atoms with Crippen molar-refractivity contribution in [2.75, 3.05) is 10.0 Å². The summed E-state index contributed by atoms with van der Waals surface area (Å²) in [6, 6.07) is 20.4. The highest BCUT2D eigenvalue weighted by Gasteiger charge is 2.15. The van der Waals surface area contributed by atoms with Crippen molar-refractivity contribution < 1.29 is 13.2 Å². The zero-order chi connectivity index (χ0) is 19.4. The largest absolute Gasteiger partial charge is 0.322 e. The molecule has 0 spiro atoms. The monoisotopic (exact) mass is 380 g/mol. The van der Waals surface area contributed by atoms with E-state index >= 15 is 0 Å². The van der Waals surface area contributed by atoms with E-state index in [-0.39, 0.29) is 10.8 Å². The summed E-state index contributed by atoms with van der Waals surface area (Å²) in [4.78, 5) is 12.4. The lowest BCUT2D eigenvalue weighted by Gasteiger charge is -2.10. The number of amides is 1. The Labute approximate surface area is 159 Å². The third kappa shape index (κ3) is 4.74. The summed E-state index contributed by atoms with van der Waals surface area (Å²) in [6.45, 7) is 3.83. The van der Waals surface area contributed by atoms with Crippen LogP contribution in [0.25, 0.3) is 0 Å². The Morgan fingerprint density at radius 1 is 0.778 bits per heavy atom. The average molecular weight is 380 g/mol. The highest BCUT2D eigenvalue weighted by atomic mass is 32.2. The third-order valence-electron chi connectivity index (χ3n) is 3.97. The van der Waals surface area contributed by atoms with Crippen LogP contribution < -0.4 is 10.0 Å². The highest BCUT2D eigenvalue weighted by molar-refractivity contribution is 7.92. The van der Waals surface area contributed by atoms with Crippen molar-refractivity contribution in [2.45, 2.75) is 18.7 Å². The molecular formula is C21H20N2O3S. The van der Waals surface area contributed by atoms with Gasteiger partial charge >= 0.3 is 0 Å². The zero-order valence-corrected chi connectivity index (χ0v) is 15.9. The molecule has 0 heterocycles. The molecule has 2 N–H and O–H groups in total. The fourth-order valence-corrected chi connectivity index (χ4v) is 3.68. The fourth-order valence-electron chi connectivity index (χ4n) is 2.63. The van der Waals surface area contributed by atoms with Crippen molar-refractivity contribution in [1.29, 1.82) is 0 Å². The molecule has 0 fully saturated rings. The average Bonchev–Trinajstić information content (AvgIpc) is 2.61. The van der Waals surface area contributed by atoms with E-state index in [0.717, 1.165) is 11.1 Å². The van der Waals surface area contributed by atoms with Gasteiger partial charge in [-0.25, -0.2) is 8.42 Å². The van der Waals surface area contributed by atoms with Gasteiger partial charge in [0.15, 0.2) is 0 Å². The van der Waals surface area contributed by atoms with E-state index in [9.17, 15) is 13.2 Å². The Bertz CT molecular complexity index is 1070. The summed E-state index contributed by atoms with van der Waals surface area (Å²) in [5.74, 6) is -0.295. The number of sulfonamides is 1. The second-order valence-corrected chi connectivity index (χ2v) is 8.01. The van der Waals surface area contributed by atoms with Gasteiger partial charge in [0.2, 0.25) is 0 Å². The minimum absolute atomic E-state index is 0.0936. The van der Waals surface area contributed by atoms with E-state index < -0.39 is 10.0 Å². The Kier molecular flexibility index (Phi) is 5.28. The fraction of sp³-hybridized carbons (Fsp3) is 0.0952. The molecule has 0 aliphatic carbocycles. The molecule has 0 radical (unpaired) electrons. The first-order chi connectivity index (χ1) is 12.8. The van der Waals surface area contributed by atoms with Crippen molar-refractivity contribution in [3.05, 3.63) is 89.5 Å². The molecule has 0 atom stereocenters. The number of aryl methyl sites for hydroxylation is 2. The van der Waals surface area contributed by atoms with Crippen LogP contribution >= 0.6 is 0 Å². The van der Waals surface area contributed by atoms with Crippen molar-refractivity contribution in [3.63, 3.8) is 0 Å². The number of hydrogen-bond donors (Lipinski definition) is 2. The van der Waals surface area contributed by atoms with Gasteiger partial charge < -0.3 is 5.32 Å². The van der Waals surface area contributed by atoms with Crippen LogP contribution in [-0.2, 0) is 10.0 Å². The van der Waals surface area contributed by atoms with Crippen LogP contribution in [0.1, 0.15) is 21.5 Å². The van der Waals surface area contributed by atoms with E-state index in [1.807, 2.05) is 38.1 Å². The van der Waals surface area contributed by atoms with Crippen LogP contribution in [-0.4, -0.2) is 14.3 Å². The second kappa shape index (κ2) is 7.63. The van der Waals surface area contributed by atoms with Gasteiger partial charge in [-0.3, -0.25) is 9.52 Å². The summed E-state index contributed by atoms with van der Waals surface area (Å²) >= 11 is 0. The van der Waals surface area contributed by atoms with E-state index in [1.54, 1.807) is 24.3 Å². The van der Waals surface area contributed by atoms with Crippen LogP contribution in [0.4, 0.5) is 11.4 Å². The maximum atomic E-state index is 12.5. The molecule has 0 aromatic heterocycles. The first-order valence-electron chi connectivity index (χ1n) is 8.41. The number of hydrogen-bond acceptors (Lipinski definition) is 3. The summed E-state index contributed by atoms with van der Waals surface area (Å²) in [6.07, 6.45) is 0. The van der Waals surface area contributed by atoms with Crippen molar-refractivity contribution >= 4 is 27.3 Å². The first kappa shape index (κ1) is 18.7. The standard InChI is InChI=1S/C21H20N2O3S/c1-15-5-3-7-18(13-15)22-21(24)17-9-11-20(12-10-17)27(25,26)23-19-8-4-6-16(2)14-19/h3-14,23H,1-2H3,(H,22,24). The topological polar surface area (TPSA) is 75.3 Å². The first-order valence-corrected chi connectivity index (χ1v) is 9.89. The number of nitrogens with one attached hydrogen (secondary N) is 2. The molecule has 6 heteroatoms. The molecule has 3 rings (SSSR count). The van der Waals surface area contributed by atoms with Crippen LogP contribution in [0.3, 0.4) is 0 Å². The summed E-state index contributed by atoms with van der Waals surface area (Å²) in [7, 11) is -3.72. The van der Waals surface area contributed by atoms with Crippen molar-refractivity contribution in [3.8, 4) is 0 Å². The quantitative estimate of drug-likeness (QED) is 0.691. The van der Waals surface area contributed by atoms with Crippen LogP contribution in [0.15, 0.2) is 77.7 Å². The molecule has 0 aliphatic rings. The number of benzene rings is 3. The van der Waals surface area contributed by atoms with Crippen LogP contribution in [0.2, 0.25) is 0 Å². The van der Waals surface area contributed by atoms with E-state index in [0.29, 0.717) is 16.9 Å². The summed E-state index contributed by atoms with van der Waals surface area (Å²) in [5, 5.41) is 2.80. The lowest BCUT2D eigenvalue weighted by Crippen LogP contribution is -2.15. The molecule has 27 heavy (non-hydrogen) atoms. The van der Waals surface area contributed by atoms with Crippen LogP contribution in [0.5, 0.6) is 0 Å². The number of carbonyl (C=O) groups is 1. The van der Waals surface area contributed by atoms with E-state index in [4.69, 9.17) is 0 Å². The van der Waals surface area contributed by atoms with Gasteiger partial charge in [-0.05, 0) is 73.5 Å².